The molecule has 0 saturated heterocycles. The lowest BCUT2D eigenvalue weighted by Crippen LogP contribution is -2.13. The van der Waals surface area contributed by atoms with Crippen LogP contribution in [0.1, 0.15) is 25.0 Å². The van der Waals surface area contributed by atoms with Crippen molar-refractivity contribution < 1.29 is 14.6 Å². The molecule has 0 amide bonds. The van der Waals surface area contributed by atoms with Crippen LogP contribution in [0.3, 0.4) is 0 Å². The van der Waals surface area contributed by atoms with Crippen LogP contribution in [-0.2, 0) is 10.2 Å². The van der Waals surface area contributed by atoms with E-state index in [1.165, 1.54) is 13.2 Å². The SMILES string of the molecule is C=CC(C)(C)c1cc(C=CC=O)c(OC)cc1O. The van der Waals surface area contributed by atoms with Crippen molar-refractivity contribution in [3.63, 3.8) is 0 Å². The number of aldehydes is 1. The van der Waals surface area contributed by atoms with Crippen LogP contribution in [0.4, 0.5) is 0 Å². The van der Waals surface area contributed by atoms with Gasteiger partial charge in [0, 0.05) is 22.6 Å². The molecule has 96 valence electrons. The summed E-state index contributed by atoms with van der Waals surface area (Å²) in [6.45, 7) is 7.67. The Morgan fingerprint density at radius 1 is 1.39 bits per heavy atom. The molecular weight excluding hydrogens is 228 g/mol. The molecule has 1 aromatic carbocycles. The molecule has 0 heterocycles. The quantitative estimate of drug-likeness (QED) is 0.493. The highest BCUT2D eigenvalue weighted by Crippen LogP contribution is 2.37. The highest BCUT2D eigenvalue weighted by Gasteiger charge is 2.21. The molecular formula is C15H18O3. The normalized spacial score (nSPS) is 11.5. The third kappa shape index (κ3) is 2.80. The van der Waals surface area contributed by atoms with Crippen LogP contribution < -0.4 is 4.74 Å². The monoisotopic (exact) mass is 246 g/mol. The highest BCUT2D eigenvalue weighted by molar-refractivity contribution is 5.76. The minimum Gasteiger partial charge on any atom is -0.507 e. The minimum atomic E-state index is -0.361. The van der Waals surface area contributed by atoms with Crippen molar-refractivity contribution in [2.45, 2.75) is 19.3 Å². The summed E-state index contributed by atoms with van der Waals surface area (Å²) < 4.78 is 5.17. The second kappa shape index (κ2) is 5.54. The average molecular weight is 246 g/mol. The molecule has 0 fully saturated rings. The molecule has 0 spiro atoms. The maximum Gasteiger partial charge on any atom is 0.142 e. The second-order valence-electron chi connectivity index (χ2n) is 4.53. The Morgan fingerprint density at radius 3 is 2.56 bits per heavy atom. The van der Waals surface area contributed by atoms with Crippen LogP contribution in [-0.4, -0.2) is 18.5 Å². The van der Waals surface area contributed by atoms with Crippen molar-refractivity contribution in [2.75, 3.05) is 7.11 Å². The summed E-state index contributed by atoms with van der Waals surface area (Å²) in [7, 11) is 1.52. The Hall–Kier alpha value is -2.03. The molecule has 0 atom stereocenters. The molecule has 0 saturated carbocycles. The number of ether oxygens (including phenoxy) is 1. The van der Waals surface area contributed by atoms with Gasteiger partial charge in [0.05, 0.1) is 7.11 Å². The van der Waals surface area contributed by atoms with E-state index in [0.29, 0.717) is 12.0 Å². The summed E-state index contributed by atoms with van der Waals surface area (Å²) in [4.78, 5) is 10.4. The Bertz CT molecular complexity index is 485. The number of aromatic hydroxyl groups is 1. The fourth-order valence-electron chi connectivity index (χ4n) is 1.66. The molecule has 1 aromatic rings. The number of hydrogen-bond donors (Lipinski definition) is 1. The van der Waals surface area contributed by atoms with Crippen LogP contribution in [0.2, 0.25) is 0 Å². The van der Waals surface area contributed by atoms with Gasteiger partial charge in [-0.3, -0.25) is 4.79 Å². The Labute approximate surface area is 107 Å². The zero-order chi connectivity index (χ0) is 13.8. The number of methoxy groups -OCH3 is 1. The van der Waals surface area contributed by atoms with Crippen molar-refractivity contribution in [1.82, 2.24) is 0 Å². The molecule has 0 radical (unpaired) electrons. The zero-order valence-corrected chi connectivity index (χ0v) is 10.9. The number of phenols is 1. The summed E-state index contributed by atoms with van der Waals surface area (Å²) in [6, 6.07) is 3.35. The van der Waals surface area contributed by atoms with Gasteiger partial charge < -0.3 is 9.84 Å². The molecule has 1 N–H and O–H groups in total. The molecule has 0 aliphatic heterocycles. The van der Waals surface area contributed by atoms with Gasteiger partial charge in [-0.1, -0.05) is 19.9 Å². The number of benzene rings is 1. The number of allylic oxidation sites excluding steroid dienone is 2. The molecule has 1 rings (SSSR count). The average Bonchev–Trinajstić information content (AvgIpc) is 2.36. The molecule has 0 aliphatic carbocycles. The van der Waals surface area contributed by atoms with E-state index >= 15 is 0 Å². The van der Waals surface area contributed by atoms with Gasteiger partial charge in [0.15, 0.2) is 0 Å². The van der Waals surface area contributed by atoms with Crippen LogP contribution in [0, 0.1) is 0 Å². The number of carbonyl (C=O) groups excluding carboxylic acids is 1. The Balaban J connectivity index is 3.43. The van der Waals surface area contributed by atoms with E-state index in [9.17, 15) is 9.90 Å². The zero-order valence-electron chi connectivity index (χ0n) is 10.9. The number of carbonyl (C=O) groups is 1. The highest BCUT2D eigenvalue weighted by atomic mass is 16.5. The van der Waals surface area contributed by atoms with Gasteiger partial charge >= 0.3 is 0 Å². The van der Waals surface area contributed by atoms with Crippen LogP contribution in [0.25, 0.3) is 6.08 Å². The van der Waals surface area contributed by atoms with Crippen molar-refractivity contribution in [2.24, 2.45) is 0 Å². The molecule has 0 aromatic heterocycles. The summed E-state index contributed by atoms with van der Waals surface area (Å²) in [5.74, 6) is 0.675. The number of phenolic OH excluding ortho intramolecular Hbond substituents is 1. The van der Waals surface area contributed by atoms with E-state index in [1.807, 2.05) is 13.8 Å². The fourth-order valence-corrected chi connectivity index (χ4v) is 1.66. The maximum atomic E-state index is 10.4. The third-order valence-corrected chi connectivity index (χ3v) is 2.91. The van der Waals surface area contributed by atoms with E-state index in [1.54, 1.807) is 24.3 Å². The van der Waals surface area contributed by atoms with Gasteiger partial charge in [-0.15, -0.1) is 6.58 Å². The predicted molar refractivity (Wildman–Crippen MR) is 73.0 cm³/mol. The first kappa shape index (κ1) is 14.0. The predicted octanol–water partition coefficient (Wildman–Crippen LogP) is 3.08. The van der Waals surface area contributed by atoms with Crippen molar-refractivity contribution in [3.05, 3.63) is 42.0 Å². The number of rotatable bonds is 5. The summed E-state index contributed by atoms with van der Waals surface area (Å²) in [5, 5.41) is 10.0. The van der Waals surface area contributed by atoms with Gasteiger partial charge in [0.25, 0.3) is 0 Å². The molecule has 3 heteroatoms. The van der Waals surface area contributed by atoms with Crippen molar-refractivity contribution in [3.8, 4) is 11.5 Å². The number of hydrogen-bond acceptors (Lipinski definition) is 3. The van der Waals surface area contributed by atoms with Crippen LogP contribution in [0.5, 0.6) is 11.5 Å². The van der Waals surface area contributed by atoms with Gasteiger partial charge in [-0.25, -0.2) is 0 Å². The van der Waals surface area contributed by atoms with Crippen molar-refractivity contribution in [1.29, 1.82) is 0 Å². The standard InChI is InChI=1S/C15H18O3/c1-5-15(2,3)12-9-11(7-6-8-16)14(18-4)10-13(12)17/h5-10,17H,1H2,2-4H3. The van der Waals surface area contributed by atoms with E-state index in [2.05, 4.69) is 6.58 Å². The molecule has 0 unspecified atom stereocenters. The molecule has 3 nitrogen and oxygen atoms in total. The van der Waals surface area contributed by atoms with E-state index in [-0.39, 0.29) is 11.2 Å². The maximum absolute atomic E-state index is 10.4. The third-order valence-electron chi connectivity index (χ3n) is 2.91. The largest absolute Gasteiger partial charge is 0.507 e. The van der Waals surface area contributed by atoms with Gasteiger partial charge in [0.1, 0.15) is 17.8 Å². The van der Waals surface area contributed by atoms with E-state index < -0.39 is 0 Å². The summed E-state index contributed by atoms with van der Waals surface area (Å²) >= 11 is 0. The minimum absolute atomic E-state index is 0.153. The summed E-state index contributed by atoms with van der Waals surface area (Å²) in [5.41, 5.74) is 1.12. The lowest BCUT2D eigenvalue weighted by molar-refractivity contribution is -0.104. The molecule has 0 bridgehead atoms. The Kier molecular flexibility index (Phi) is 4.32. The fraction of sp³-hybridized carbons (Fsp3) is 0.267. The topological polar surface area (TPSA) is 46.5 Å². The Morgan fingerprint density at radius 2 is 2.06 bits per heavy atom. The molecule has 0 aliphatic rings. The first-order valence-electron chi connectivity index (χ1n) is 5.63. The van der Waals surface area contributed by atoms with Crippen molar-refractivity contribution >= 4 is 12.4 Å². The lowest BCUT2D eigenvalue weighted by atomic mass is 9.83. The van der Waals surface area contributed by atoms with Gasteiger partial charge in [-0.2, -0.15) is 0 Å². The van der Waals surface area contributed by atoms with E-state index in [0.717, 1.165) is 11.1 Å². The van der Waals surface area contributed by atoms with Crippen LogP contribution in [0.15, 0.2) is 30.9 Å². The van der Waals surface area contributed by atoms with E-state index in [4.69, 9.17) is 4.74 Å². The second-order valence-corrected chi connectivity index (χ2v) is 4.53. The summed E-state index contributed by atoms with van der Waals surface area (Å²) in [6.07, 6.45) is 5.50. The van der Waals surface area contributed by atoms with Gasteiger partial charge in [0.2, 0.25) is 0 Å². The van der Waals surface area contributed by atoms with Gasteiger partial charge in [-0.05, 0) is 18.2 Å². The van der Waals surface area contributed by atoms with Crippen LogP contribution >= 0.6 is 0 Å². The first-order chi connectivity index (χ1) is 8.46. The smallest absolute Gasteiger partial charge is 0.142 e. The molecule has 18 heavy (non-hydrogen) atoms. The first-order valence-corrected chi connectivity index (χ1v) is 5.63. The lowest BCUT2D eigenvalue weighted by Gasteiger charge is -2.23.